The van der Waals surface area contributed by atoms with E-state index in [2.05, 4.69) is 35.7 Å². The summed E-state index contributed by atoms with van der Waals surface area (Å²) in [7, 11) is 0. The quantitative estimate of drug-likeness (QED) is 0.614. The molecule has 138 valence electrons. The van der Waals surface area contributed by atoms with E-state index in [0.29, 0.717) is 32.1 Å². The van der Waals surface area contributed by atoms with Crippen LogP contribution in [-0.4, -0.2) is 72.1 Å². The minimum Gasteiger partial charge on any atom is -0.453 e. The van der Waals surface area contributed by atoms with Gasteiger partial charge in [0.15, 0.2) is 12.4 Å². The van der Waals surface area contributed by atoms with Gasteiger partial charge in [-0.2, -0.15) is 5.10 Å². The van der Waals surface area contributed by atoms with Gasteiger partial charge in [0, 0.05) is 44.6 Å². The molecule has 10 nitrogen and oxygen atoms in total. The minimum absolute atomic E-state index is 0.129. The van der Waals surface area contributed by atoms with Crippen LogP contribution in [0.25, 0.3) is 0 Å². The number of carbonyl (C=O) groups is 1. The van der Waals surface area contributed by atoms with E-state index in [-0.39, 0.29) is 18.5 Å². The number of aromatic nitrogens is 4. The molecule has 0 aliphatic carbocycles. The zero-order chi connectivity index (χ0) is 18.0. The van der Waals surface area contributed by atoms with Crippen molar-refractivity contribution in [2.45, 2.75) is 0 Å². The number of nitrogens with zero attached hydrogens (tertiary/aromatic N) is 5. The Hall–Kier alpha value is -3.01. The van der Waals surface area contributed by atoms with E-state index >= 15 is 0 Å². The molecule has 0 bridgehead atoms. The van der Waals surface area contributed by atoms with Gasteiger partial charge in [-0.1, -0.05) is 0 Å². The van der Waals surface area contributed by atoms with Crippen molar-refractivity contribution in [2.24, 2.45) is 0 Å². The molecule has 0 aromatic carbocycles. The second-order valence-electron chi connectivity index (χ2n) is 5.50. The van der Waals surface area contributed by atoms with E-state index in [1.807, 2.05) is 6.07 Å². The fourth-order valence-corrected chi connectivity index (χ4v) is 2.37. The van der Waals surface area contributed by atoms with Gasteiger partial charge in [0.25, 0.3) is 5.91 Å². The summed E-state index contributed by atoms with van der Waals surface area (Å²) in [6, 6.07) is 3.79. The molecule has 0 unspecified atom stereocenters. The Morgan fingerprint density at radius 3 is 2.85 bits per heavy atom. The SMILES string of the molecule is O=C(COc1ncccn1)NCCNc1cc(N2CCOCC2)cnn1. The third kappa shape index (κ3) is 5.52. The number of ether oxygens (including phenoxy) is 2. The first-order valence-electron chi connectivity index (χ1n) is 8.37. The van der Waals surface area contributed by atoms with E-state index in [0.717, 1.165) is 18.8 Å². The molecule has 1 aliphatic heterocycles. The molecule has 26 heavy (non-hydrogen) atoms. The highest BCUT2D eigenvalue weighted by Crippen LogP contribution is 2.16. The van der Waals surface area contributed by atoms with Gasteiger partial charge >= 0.3 is 6.01 Å². The van der Waals surface area contributed by atoms with Gasteiger partial charge in [0.1, 0.15) is 0 Å². The predicted octanol–water partition coefficient (Wildman–Crippen LogP) is -0.290. The summed E-state index contributed by atoms with van der Waals surface area (Å²) < 4.78 is 10.5. The first kappa shape index (κ1) is 17.8. The highest BCUT2D eigenvalue weighted by molar-refractivity contribution is 5.77. The molecule has 2 aromatic rings. The molecule has 0 saturated carbocycles. The van der Waals surface area contributed by atoms with Crippen molar-refractivity contribution in [3.05, 3.63) is 30.7 Å². The molecular formula is C16H21N7O3. The Kier molecular flexibility index (Phi) is 6.48. The first-order valence-corrected chi connectivity index (χ1v) is 8.37. The Bertz CT molecular complexity index is 695. The van der Waals surface area contributed by atoms with Crippen LogP contribution >= 0.6 is 0 Å². The molecule has 0 atom stereocenters. The number of hydrogen-bond acceptors (Lipinski definition) is 9. The minimum atomic E-state index is -0.243. The summed E-state index contributed by atoms with van der Waals surface area (Å²) in [5, 5.41) is 14.0. The number of anilines is 2. The fraction of sp³-hybridized carbons (Fsp3) is 0.438. The lowest BCUT2D eigenvalue weighted by Gasteiger charge is -2.28. The van der Waals surface area contributed by atoms with E-state index in [1.54, 1.807) is 24.7 Å². The predicted molar refractivity (Wildman–Crippen MR) is 94.1 cm³/mol. The zero-order valence-electron chi connectivity index (χ0n) is 14.3. The maximum atomic E-state index is 11.7. The van der Waals surface area contributed by atoms with Gasteiger partial charge in [0.2, 0.25) is 0 Å². The molecular weight excluding hydrogens is 338 g/mol. The normalized spacial score (nSPS) is 13.9. The van der Waals surface area contributed by atoms with Gasteiger partial charge in [-0.25, -0.2) is 9.97 Å². The van der Waals surface area contributed by atoms with E-state index < -0.39 is 0 Å². The molecule has 0 radical (unpaired) electrons. The van der Waals surface area contributed by atoms with Crippen LogP contribution in [0.5, 0.6) is 6.01 Å². The fourth-order valence-electron chi connectivity index (χ4n) is 2.37. The summed E-state index contributed by atoms with van der Waals surface area (Å²) in [4.78, 5) is 21.7. The third-order valence-corrected chi connectivity index (χ3v) is 3.64. The zero-order valence-corrected chi connectivity index (χ0v) is 14.3. The molecule has 0 spiro atoms. The van der Waals surface area contributed by atoms with Gasteiger partial charge in [-0.05, 0) is 6.07 Å². The average molecular weight is 359 g/mol. The number of rotatable bonds is 8. The van der Waals surface area contributed by atoms with Crippen LogP contribution in [0.15, 0.2) is 30.7 Å². The molecule has 1 saturated heterocycles. The third-order valence-electron chi connectivity index (χ3n) is 3.64. The first-order chi connectivity index (χ1) is 12.8. The molecule has 1 amide bonds. The smallest absolute Gasteiger partial charge is 0.316 e. The number of morpholine rings is 1. The summed E-state index contributed by atoms with van der Waals surface area (Å²) in [5.41, 5.74) is 1.01. The highest BCUT2D eigenvalue weighted by Gasteiger charge is 2.12. The Morgan fingerprint density at radius 2 is 2.04 bits per heavy atom. The number of nitrogens with one attached hydrogen (secondary N) is 2. The number of amides is 1. The second kappa shape index (κ2) is 9.47. The largest absolute Gasteiger partial charge is 0.453 e. The molecule has 2 aromatic heterocycles. The van der Waals surface area contributed by atoms with Crippen molar-refractivity contribution in [3.63, 3.8) is 0 Å². The Morgan fingerprint density at radius 1 is 1.23 bits per heavy atom. The van der Waals surface area contributed by atoms with Crippen LogP contribution < -0.4 is 20.3 Å². The molecule has 1 aliphatic rings. The van der Waals surface area contributed by atoms with Gasteiger partial charge in [-0.3, -0.25) is 4.79 Å². The van der Waals surface area contributed by atoms with Gasteiger partial charge < -0.3 is 25.0 Å². The van der Waals surface area contributed by atoms with Crippen molar-refractivity contribution in [1.29, 1.82) is 0 Å². The van der Waals surface area contributed by atoms with Crippen LogP contribution in [0, 0.1) is 0 Å². The molecule has 10 heteroatoms. The van der Waals surface area contributed by atoms with Crippen LogP contribution in [-0.2, 0) is 9.53 Å². The maximum Gasteiger partial charge on any atom is 0.316 e. The Balaban J connectivity index is 1.36. The van der Waals surface area contributed by atoms with Crippen molar-refractivity contribution < 1.29 is 14.3 Å². The van der Waals surface area contributed by atoms with E-state index in [1.165, 1.54) is 0 Å². The second-order valence-corrected chi connectivity index (χ2v) is 5.50. The van der Waals surface area contributed by atoms with Crippen LogP contribution in [0.4, 0.5) is 11.5 Å². The van der Waals surface area contributed by atoms with Crippen molar-refractivity contribution >= 4 is 17.4 Å². The van der Waals surface area contributed by atoms with Crippen molar-refractivity contribution in [3.8, 4) is 6.01 Å². The van der Waals surface area contributed by atoms with Crippen molar-refractivity contribution in [1.82, 2.24) is 25.5 Å². The van der Waals surface area contributed by atoms with Crippen LogP contribution in [0.3, 0.4) is 0 Å². The standard InChI is InChI=1S/C16H21N7O3/c24-15(12-26-16-19-2-1-3-20-16)18-5-4-17-14-10-13(11-21-22-14)23-6-8-25-9-7-23/h1-3,10-11H,4-9,12H2,(H,17,22)(H,18,24). The maximum absolute atomic E-state index is 11.7. The lowest BCUT2D eigenvalue weighted by atomic mass is 10.3. The summed E-state index contributed by atoms with van der Waals surface area (Å²) in [6.45, 7) is 3.94. The molecule has 2 N–H and O–H groups in total. The monoisotopic (exact) mass is 359 g/mol. The van der Waals surface area contributed by atoms with Crippen LogP contribution in [0.2, 0.25) is 0 Å². The summed E-state index contributed by atoms with van der Waals surface area (Å²) in [5.74, 6) is 0.421. The van der Waals surface area contributed by atoms with E-state index in [9.17, 15) is 4.79 Å². The average Bonchev–Trinajstić information content (AvgIpc) is 2.71. The van der Waals surface area contributed by atoms with Crippen LogP contribution in [0.1, 0.15) is 0 Å². The number of hydrogen-bond donors (Lipinski definition) is 2. The van der Waals surface area contributed by atoms with Gasteiger partial charge in [-0.15, -0.1) is 5.10 Å². The number of carbonyl (C=O) groups excluding carboxylic acids is 1. The summed E-state index contributed by atoms with van der Waals surface area (Å²) >= 11 is 0. The van der Waals surface area contributed by atoms with E-state index in [4.69, 9.17) is 9.47 Å². The summed E-state index contributed by atoms with van der Waals surface area (Å²) in [6.07, 6.45) is 4.84. The molecule has 1 fully saturated rings. The lowest BCUT2D eigenvalue weighted by molar-refractivity contribution is -0.123. The molecule has 3 heterocycles. The topological polar surface area (TPSA) is 114 Å². The van der Waals surface area contributed by atoms with Gasteiger partial charge in [0.05, 0.1) is 25.1 Å². The molecule has 3 rings (SSSR count). The highest BCUT2D eigenvalue weighted by atomic mass is 16.5. The lowest BCUT2D eigenvalue weighted by Crippen LogP contribution is -2.36. The van der Waals surface area contributed by atoms with Crippen molar-refractivity contribution in [2.75, 3.05) is 56.2 Å². The Labute approximate surface area is 150 Å².